The first-order chi connectivity index (χ1) is 10.7. The van der Waals surface area contributed by atoms with Crippen LogP contribution in [0.2, 0.25) is 0 Å². The van der Waals surface area contributed by atoms with Gasteiger partial charge in [0.05, 0.1) is 5.92 Å². The van der Waals surface area contributed by atoms with Crippen LogP contribution in [0, 0.1) is 5.92 Å². The van der Waals surface area contributed by atoms with Gasteiger partial charge in [-0.2, -0.15) is 0 Å². The van der Waals surface area contributed by atoms with E-state index in [0.717, 1.165) is 45.4 Å². The second-order valence-electron chi connectivity index (χ2n) is 6.13. The molecule has 2 aliphatic heterocycles. The Morgan fingerprint density at radius 3 is 2.45 bits per heavy atom. The number of nitrogens with zero attached hydrogens (tertiary/aromatic N) is 1. The summed E-state index contributed by atoms with van der Waals surface area (Å²) in [4.78, 5) is 26.4. The summed E-state index contributed by atoms with van der Waals surface area (Å²) in [5, 5.41) is 6.32. The first-order valence-corrected chi connectivity index (χ1v) is 8.09. The Hall–Kier alpha value is -1.88. The fourth-order valence-electron chi connectivity index (χ4n) is 3.23. The molecule has 3 rings (SSSR count). The van der Waals surface area contributed by atoms with Gasteiger partial charge in [0.1, 0.15) is 0 Å². The molecule has 1 atom stereocenters. The number of hydrogen-bond acceptors (Lipinski definition) is 3. The maximum Gasteiger partial charge on any atom is 0.251 e. The summed E-state index contributed by atoms with van der Waals surface area (Å²) in [5.74, 6) is 0.402. The van der Waals surface area contributed by atoms with Crippen LogP contribution in [0.5, 0.6) is 0 Å². The number of likely N-dealkylation sites (tertiary alicyclic amines) is 1. The number of rotatable bonds is 3. The summed E-state index contributed by atoms with van der Waals surface area (Å²) in [6.07, 6.45) is 2.62. The van der Waals surface area contributed by atoms with Crippen molar-refractivity contribution in [3.05, 3.63) is 35.9 Å². The van der Waals surface area contributed by atoms with E-state index >= 15 is 0 Å². The summed E-state index contributed by atoms with van der Waals surface area (Å²) in [7, 11) is 0. The zero-order valence-corrected chi connectivity index (χ0v) is 12.8. The van der Waals surface area contributed by atoms with Crippen molar-refractivity contribution >= 4 is 11.8 Å². The highest BCUT2D eigenvalue weighted by molar-refractivity contribution is 5.94. The fraction of sp³-hybridized carbons (Fsp3) is 0.529. The van der Waals surface area contributed by atoms with Gasteiger partial charge in [0.25, 0.3) is 5.91 Å². The van der Waals surface area contributed by atoms with Crippen molar-refractivity contribution in [3.63, 3.8) is 0 Å². The standard InChI is InChI=1S/C17H23N3O2/c21-16(13-4-2-1-3-5-13)19-15-7-10-20(11-8-15)17(22)14-6-9-18-12-14/h1-5,14-15,18H,6-12H2,(H,19,21). The van der Waals surface area contributed by atoms with Crippen LogP contribution in [-0.4, -0.2) is 48.9 Å². The molecule has 0 aliphatic carbocycles. The molecule has 5 nitrogen and oxygen atoms in total. The van der Waals surface area contributed by atoms with E-state index in [0.29, 0.717) is 5.56 Å². The van der Waals surface area contributed by atoms with Crippen LogP contribution < -0.4 is 10.6 Å². The number of amides is 2. The summed E-state index contributed by atoms with van der Waals surface area (Å²) < 4.78 is 0. The van der Waals surface area contributed by atoms with E-state index in [-0.39, 0.29) is 23.8 Å². The Morgan fingerprint density at radius 2 is 1.82 bits per heavy atom. The van der Waals surface area contributed by atoms with Crippen molar-refractivity contribution in [2.24, 2.45) is 5.92 Å². The van der Waals surface area contributed by atoms with Crippen molar-refractivity contribution < 1.29 is 9.59 Å². The van der Waals surface area contributed by atoms with E-state index in [1.807, 2.05) is 35.2 Å². The average molecular weight is 301 g/mol. The lowest BCUT2D eigenvalue weighted by atomic mass is 10.0. The normalized spacial score (nSPS) is 22.5. The van der Waals surface area contributed by atoms with Gasteiger partial charge in [-0.25, -0.2) is 0 Å². The molecule has 1 unspecified atom stereocenters. The highest BCUT2D eigenvalue weighted by Gasteiger charge is 2.30. The van der Waals surface area contributed by atoms with Crippen LogP contribution in [0.15, 0.2) is 30.3 Å². The van der Waals surface area contributed by atoms with E-state index in [2.05, 4.69) is 10.6 Å². The number of nitrogens with one attached hydrogen (secondary N) is 2. The van der Waals surface area contributed by atoms with Crippen LogP contribution >= 0.6 is 0 Å². The molecule has 0 aromatic heterocycles. The van der Waals surface area contributed by atoms with Crippen LogP contribution in [0.1, 0.15) is 29.6 Å². The van der Waals surface area contributed by atoms with E-state index < -0.39 is 0 Å². The van der Waals surface area contributed by atoms with E-state index in [1.165, 1.54) is 0 Å². The average Bonchev–Trinajstić information content (AvgIpc) is 3.10. The zero-order valence-electron chi connectivity index (χ0n) is 12.8. The van der Waals surface area contributed by atoms with Gasteiger partial charge in [0, 0.05) is 31.2 Å². The van der Waals surface area contributed by atoms with Crippen molar-refractivity contribution in [3.8, 4) is 0 Å². The van der Waals surface area contributed by atoms with Crippen LogP contribution in [-0.2, 0) is 4.79 Å². The SMILES string of the molecule is O=C(NC1CCN(C(=O)C2CCNC2)CC1)c1ccccc1. The highest BCUT2D eigenvalue weighted by atomic mass is 16.2. The van der Waals surface area contributed by atoms with E-state index in [1.54, 1.807) is 0 Å². The van der Waals surface area contributed by atoms with E-state index in [9.17, 15) is 9.59 Å². The number of piperidine rings is 1. The Balaban J connectivity index is 1.47. The third-order valence-electron chi connectivity index (χ3n) is 4.59. The Morgan fingerprint density at radius 1 is 1.09 bits per heavy atom. The molecule has 5 heteroatoms. The first kappa shape index (κ1) is 15.0. The highest BCUT2D eigenvalue weighted by Crippen LogP contribution is 2.17. The number of carbonyl (C=O) groups is 2. The van der Waals surface area contributed by atoms with Crippen molar-refractivity contribution in [2.75, 3.05) is 26.2 Å². The van der Waals surface area contributed by atoms with Crippen molar-refractivity contribution in [2.45, 2.75) is 25.3 Å². The molecular weight excluding hydrogens is 278 g/mol. The quantitative estimate of drug-likeness (QED) is 0.876. The predicted octanol–water partition coefficient (Wildman–Crippen LogP) is 1.02. The van der Waals surface area contributed by atoms with Gasteiger partial charge >= 0.3 is 0 Å². The monoisotopic (exact) mass is 301 g/mol. The minimum Gasteiger partial charge on any atom is -0.349 e. The Labute approximate surface area is 131 Å². The zero-order chi connectivity index (χ0) is 15.4. The lowest BCUT2D eigenvalue weighted by Gasteiger charge is -2.33. The molecule has 0 saturated carbocycles. The van der Waals surface area contributed by atoms with Gasteiger partial charge in [-0.05, 0) is 37.9 Å². The second-order valence-corrected chi connectivity index (χ2v) is 6.13. The van der Waals surface area contributed by atoms with Crippen LogP contribution in [0.25, 0.3) is 0 Å². The van der Waals surface area contributed by atoms with Gasteiger partial charge in [-0.1, -0.05) is 18.2 Å². The molecule has 2 fully saturated rings. The number of hydrogen-bond donors (Lipinski definition) is 2. The lowest BCUT2D eigenvalue weighted by Crippen LogP contribution is -2.48. The molecule has 2 heterocycles. The van der Waals surface area contributed by atoms with Gasteiger partial charge in [0.15, 0.2) is 0 Å². The topological polar surface area (TPSA) is 61.4 Å². The summed E-state index contributed by atoms with van der Waals surface area (Å²) in [6, 6.07) is 9.44. The molecule has 2 aliphatic rings. The predicted molar refractivity (Wildman–Crippen MR) is 84.5 cm³/mol. The maximum absolute atomic E-state index is 12.3. The lowest BCUT2D eigenvalue weighted by molar-refractivity contribution is -0.136. The van der Waals surface area contributed by atoms with Crippen molar-refractivity contribution in [1.29, 1.82) is 0 Å². The van der Waals surface area contributed by atoms with Gasteiger partial charge < -0.3 is 15.5 Å². The summed E-state index contributed by atoms with van der Waals surface area (Å²) in [6.45, 7) is 3.24. The third-order valence-corrected chi connectivity index (χ3v) is 4.59. The summed E-state index contributed by atoms with van der Waals surface area (Å²) >= 11 is 0. The molecule has 2 N–H and O–H groups in total. The Bertz CT molecular complexity index is 518. The molecule has 22 heavy (non-hydrogen) atoms. The maximum atomic E-state index is 12.3. The van der Waals surface area contributed by atoms with Crippen molar-refractivity contribution in [1.82, 2.24) is 15.5 Å². The molecule has 1 aromatic carbocycles. The van der Waals surface area contributed by atoms with Gasteiger partial charge in [-0.3, -0.25) is 9.59 Å². The minimum absolute atomic E-state index is 0.0228. The summed E-state index contributed by atoms with van der Waals surface area (Å²) in [5.41, 5.74) is 0.693. The molecule has 1 aromatic rings. The third kappa shape index (κ3) is 3.47. The number of carbonyl (C=O) groups excluding carboxylic acids is 2. The minimum atomic E-state index is -0.0228. The largest absolute Gasteiger partial charge is 0.349 e. The van der Waals surface area contributed by atoms with Gasteiger partial charge in [0.2, 0.25) is 5.91 Å². The molecule has 0 bridgehead atoms. The molecular formula is C17H23N3O2. The second kappa shape index (κ2) is 6.92. The molecule has 0 radical (unpaired) electrons. The molecule has 118 valence electrons. The molecule has 2 amide bonds. The molecule has 2 saturated heterocycles. The molecule has 0 spiro atoms. The fourth-order valence-corrected chi connectivity index (χ4v) is 3.23. The first-order valence-electron chi connectivity index (χ1n) is 8.09. The Kier molecular flexibility index (Phi) is 4.73. The van der Waals surface area contributed by atoms with Gasteiger partial charge in [-0.15, -0.1) is 0 Å². The van der Waals surface area contributed by atoms with Crippen LogP contribution in [0.4, 0.5) is 0 Å². The number of benzene rings is 1. The smallest absolute Gasteiger partial charge is 0.251 e. The van der Waals surface area contributed by atoms with Crippen LogP contribution in [0.3, 0.4) is 0 Å². The van der Waals surface area contributed by atoms with E-state index in [4.69, 9.17) is 0 Å².